The minimum absolute atomic E-state index is 0.582. The first-order chi connectivity index (χ1) is 4.76. The Labute approximate surface area is 61.9 Å². The summed E-state index contributed by atoms with van der Waals surface area (Å²) >= 11 is 0. The zero-order valence-corrected chi connectivity index (χ0v) is 6.72. The number of allylic oxidation sites excluding steroid dienone is 3. The summed E-state index contributed by atoms with van der Waals surface area (Å²) < 4.78 is 4.91. The summed E-state index contributed by atoms with van der Waals surface area (Å²) in [5.41, 5.74) is 0.986. The predicted octanol–water partition coefficient (Wildman–Crippen LogP) is 2.14. The van der Waals surface area contributed by atoms with Crippen LogP contribution in [0.4, 0.5) is 0 Å². The van der Waals surface area contributed by atoms with E-state index in [0.29, 0.717) is 5.88 Å². The lowest BCUT2D eigenvalue weighted by Gasteiger charge is -1.99. The molecule has 0 aromatic carbocycles. The van der Waals surface area contributed by atoms with Gasteiger partial charge in [-0.15, -0.1) is 0 Å². The summed E-state index contributed by atoms with van der Waals surface area (Å²) in [6.45, 7) is 7.24. The summed E-state index contributed by atoms with van der Waals surface area (Å²) in [4.78, 5) is 3.68. The van der Waals surface area contributed by atoms with Crippen LogP contribution < -0.4 is 0 Å². The van der Waals surface area contributed by atoms with Crippen molar-refractivity contribution in [3.63, 3.8) is 0 Å². The SMILES string of the molecule is C=N/C(OC)=C(C)\C=C/C. The van der Waals surface area contributed by atoms with Gasteiger partial charge in [-0.3, -0.25) is 0 Å². The fraction of sp³-hybridized carbons (Fsp3) is 0.375. The second-order valence-electron chi connectivity index (χ2n) is 1.85. The molecule has 0 aliphatic heterocycles. The zero-order valence-electron chi connectivity index (χ0n) is 6.72. The summed E-state index contributed by atoms with van der Waals surface area (Å²) in [5.74, 6) is 0.582. The third-order valence-electron chi connectivity index (χ3n) is 1.09. The van der Waals surface area contributed by atoms with E-state index in [2.05, 4.69) is 11.7 Å². The van der Waals surface area contributed by atoms with E-state index < -0.39 is 0 Å². The predicted molar refractivity (Wildman–Crippen MR) is 44.1 cm³/mol. The number of hydrogen-bond donors (Lipinski definition) is 0. The molecule has 0 aliphatic rings. The lowest BCUT2D eigenvalue weighted by molar-refractivity contribution is 0.285. The molecule has 2 nitrogen and oxygen atoms in total. The van der Waals surface area contributed by atoms with Crippen molar-refractivity contribution in [1.82, 2.24) is 0 Å². The molecule has 0 radical (unpaired) electrons. The number of methoxy groups -OCH3 is 1. The smallest absolute Gasteiger partial charge is 0.215 e. The molecular formula is C8H13NO. The summed E-state index contributed by atoms with van der Waals surface area (Å²) in [5, 5.41) is 0. The highest BCUT2D eigenvalue weighted by molar-refractivity contribution is 5.31. The van der Waals surface area contributed by atoms with E-state index in [-0.39, 0.29) is 0 Å². The summed E-state index contributed by atoms with van der Waals surface area (Å²) in [6.07, 6.45) is 3.85. The standard InChI is InChI=1S/C8H13NO/c1-5-6-7(2)8(9-3)10-4/h5-6H,3H2,1-2,4H3/b6-5-,8-7+. The molecule has 0 aromatic rings. The zero-order chi connectivity index (χ0) is 7.98. The first kappa shape index (κ1) is 8.95. The first-order valence-electron chi connectivity index (χ1n) is 3.10. The molecule has 0 saturated heterocycles. The highest BCUT2D eigenvalue weighted by Gasteiger charge is 1.92. The van der Waals surface area contributed by atoms with Gasteiger partial charge in [0.05, 0.1) is 7.11 Å². The Kier molecular flexibility index (Phi) is 4.29. The monoisotopic (exact) mass is 139 g/mol. The number of nitrogens with zero attached hydrogens (tertiary/aromatic N) is 1. The molecule has 2 heteroatoms. The van der Waals surface area contributed by atoms with Gasteiger partial charge in [0, 0.05) is 5.57 Å². The van der Waals surface area contributed by atoms with Crippen LogP contribution in [0.3, 0.4) is 0 Å². The molecule has 0 rings (SSSR count). The number of aliphatic imine (C=N–C) groups is 1. The lowest BCUT2D eigenvalue weighted by atomic mass is 10.3. The highest BCUT2D eigenvalue weighted by atomic mass is 16.5. The van der Waals surface area contributed by atoms with Crippen molar-refractivity contribution in [2.75, 3.05) is 7.11 Å². The Morgan fingerprint density at radius 2 is 2.20 bits per heavy atom. The van der Waals surface area contributed by atoms with Crippen molar-refractivity contribution in [3.8, 4) is 0 Å². The first-order valence-corrected chi connectivity index (χ1v) is 3.10. The Morgan fingerprint density at radius 1 is 1.60 bits per heavy atom. The molecule has 0 bridgehead atoms. The fourth-order valence-corrected chi connectivity index (χ4v) is 0.672. The van der Waals surface area contributed by atoms with E-state index in [0.717, 1.165) is 5.57 Å². The molecule has 56 valence electrons. The summed E-state index contributed by atoms with van der Waals surface area (Å²) in [7, 11) is 1.58. The highest BCUT2D eigenvalue weighted by Crippen LogP contribution is 2.06. The quantitative estimate of drug-likeness (QED) is 0.333. The van der Waals surface area contributed by atoms with Gasteiger partial charge in [-0.1, -0.05) is 12.2 Å². The molecule has 0 aliphatic carbocycles. The number of ether oxygens (including phenoxy) is 1. The van der Waals surface area contributed by atoms with Gasteiger partial charge in [0.25, 0.3) is 0 Å². The average molecular weight is 139 g/mol. The van der Waals surface area contributed by atoms with E-state index in [1.165, 1.54) is 0 Å². The molecular weight excluding hydrogens is 126 g/mol. The normalized spacial score (nSPS) is 13.1. The van der Waals surface area contributed by atoms with Crippen molar-refractivity contribution in [2.24, 2.45) is 4.99 Å². The molecule has 10 heavy (non-hydrogen) atoms. The maximum atomic E-state index is 4.91. The van der Waals surface area contributed by atoms with Gasteiger partial charge in [0.15, 0.2) is 0 Å². The van der Waals surface area contributed by atoms with Crippen molar-refractivity contribution >= 4 is 6.72 Å². The van der Waals surface area contributed by atoms with Crippen LogP contribution in [-0.4, -0.2) is 13.8 Å². The molecule has 0 saturated carbocycles. The molecule has 0 N–H and O–H groups in total. The molecule has 0 heterocycles. The Hall–Kier alpha value is -1.05. The van der Waals surface area contributed by atoms with Crippen LogP contribution in [-0.2, 0) is 4.74 Å². The van der Waals surface area contributed by atoms with Gasteiger partial charge < -0.3 is 4.74 Å². The second-order valence-corrected chi connectivity index (χ2v) is 1.85. The molecule has 0 atom stereocenters. The van der Waals surface area contributed by atoms with Crippen LogP contribution in [0.1, 0.15) is 13.8 Å². The van der Waals surface area contributed by atoms with E-state index >= 15 is 0 Å². The van der Waals surface area contributed by atoms with Crippen LogP contribution in [0.25, 0.3) is 0 Å². The fourth-order valence-electron chi connectivity index (χ4n) is 0.672. The minimum Gasteiger partial charge on any atom is -0.481 e. The Balaban J connectivity index is 4.42. The molecule has 0 aromatic heterocycles. The van der Waals surface area contributed by atoms with Crippen LogP contribution in [0, 0.1) is 0 Å². The van der Waals surface area contributed by atoms with E-state index in [1.54, 1.807) is 7.11 Å². The average Bonchev–Trinajstić information content (AvgIpc) is 1.91. The van der Waals surface area contributed by atoms with Crippen molar-refractivity contribution in [3.05, 3.63) is 23.6 Å². The van der Waals surface area contributed by atoms with Gasteiger partial charge in [-0.25, -0.2) is 4.99 Å². The lowest BCUT2D eigenvalue weighted by Crippen LogP contribution is -1.84. The number of rotatable bonds is 3. The number of hydrogen-bond acceptors (Lipinski definition) is 2. The summed E-state index contributed by atoms with van der Waals surface area (Å²) in [6, 6.07) is 0. The van der Waals surface area contributed by atoms with E-state index in [4.69, 9.17) is 4.74 Å². The van der Waals surface area contributed by atoms with Gasteiger partial charge in [0.2, 0.25) is 5.88 Å². The van der Waals surface area contributed by atoms with Gasteiger partial charge in [-0.05, 0) is 20.6 Å². The largest absolute Gasteiger partial charge is 0.481 e. The second kappa shape index (κ2) is 4.79. The Bertz CT molecular complexity index is 168. The molecule has 0 fully saturated rings. The van der Waals surface area contributed by atoms with E-state index in [1.807, 2.05) is 26.0 Å². The van der Waals surface area contributed by atoms with E-state index in [9.17, 15) is 0 Å². The van der Waals surface area contributed by atoms with Crippen molar-refractivity contribution in [2.45, 2.75) is 13.8 Å². The molecule has 0 amide bonds. The van der Waals surface area contributed by atoms with Crippen LogP contribution in [0.15, 0.2) is 28.6 Å². The Morgan fingerprint density at radius 3 is 2.50 bits per heavy atom. The third-order valence-corrected chi connectivity index (χ3v) is 1.09. The molecule has 0 unspecified atom stereocenters. The van der Waals surface area contributed by atoms with Crippen molar-refractivity contribution in [1.29, 1.82) is 0 Å². The third kappa shape index (κ3) is 2.49. The van der Waals surface area contributed by atoms with Crippen LogP contribution >= 0.6 is 0 Å². The van der Waals surface area contributed by atoms with Crippen LogP contribution in [0.5, 0.6) is 0 Å². The maximum absolute atomic E-state index is 4.91. The van der Waals surface area contributed by atoms with Crippen molar-refractivity contribution < 1.29 is 4.74 Å². The van der Waals surface area contributed by atoms with Gasteiger partial charge >= 0.3 is 0 Å². The molecule has 0 spiro atoms. The van der Waals surface area contributed by atoms with Gasteiger partial charge in [0.1, 0.15) is 0 Å². The van der Waals surface area contributed by atoms with Crippen LogP contribution in [0.2, 0.25) is 0 Å². The topological polar surface area (TPSA) is 21.6 Å². The maximum Gasteiger partial charge on any atom is 0.215 e. The minimum atomic E-state index is 0.582. The van der Waals surface area contributed by atoms with Gasteiger partial charge in [-0.2, -0.15) is 0 Å².